The number of benzene rings is 6. The van der Waals surface area contributed by atoms with Gasteiger partial charge in [-0.3, -0.25) is 39.6 Å². The number of nitrogens with one attached hydrogen (secondary N) is 2. The smallest absolute Gasteiger partial charge is 0.323 e. The van der Waals surface area contributed by atoms with E-state index in [0.29, 0.717) is 39.1 Å². The average Bonchev–Trinajstić information content (AvgIpc) is 3.92. The molecule has 2 aliphatic heterocycles. The number of aromatic amines is 2. The topological polar surface area (TPSA) is 177 Å². The summed E-state index contributed by atoms with van der Waals surface area (Å²) in [5.74, 6) is -0.525. The third-order valence-electron chi connectivity index (χ3n) is 12.9. The summed E-state index contributed by atoms with van der Waals surface area (Å²) in [6, 6.07) is 47.8. The molecule has 2 aromatic heterocycles. The molecule has 2 N–H and O–H groups in total. The van der Waals surface area contributed by atoms with Gasteiger partial charge in [0.25, 0.3) is 11.4 Å². The molecule has 0 saturated carbocycles. The molecule has 4 atom stereocenters. The summed E-state index contributed by atoms with van der Waals surface area (Å²) in [4.78, 5) is 59.6. The second-order valence-corrected chi connectivity index (χ2v) is 16.9. The number of esters is 2. The van der Waals surface area contributed by atoms with Crippen molar-refractivity contribution in [1.82, 2.24) is 19.8 Å². The molecule has 0 unspecified atom stereocenters. The van der Waals surface area contributed by atoms with Gasteiger partial charge in [0.15, 0.2) is 0 Å². The van der Waals surface area contributed by atoms with Crippen LogP contribution in [-0.2, 0) is 45.0 Å². The van der Waals surface area contributed by atoms with Crippen LogP contribution in [0.4, 0.5) is 11.4 Å². The van der Waals surface area contributed by atoms with E-state index in [4.69, 9.17) is 9.47 Å². The second kappa shape index (κ2) is 19.9. The molecule has 0 radical (unpaired) electrons. The van der Waals surface area contributed by atoms with Crippen molar-refractivity contribution in [3.05, 3.63) is 223 Å². The number of nitro benzene ring substituents is 2. The second-order valence-electron chi connectivity index (χ2n) is 16.9. The zero-order chi connectivity index (χ0) is 47.3. The summed E-state index contributed by atoms with van der Waals surface area (Å²) in [5, 5.41) is 24.7. The number of hydrogen-bond donors (Lipinski definition) is 2. The third-order valence-corrected chi connectivity index (χ3v) is 12.9. The fraction of sp³-hybridized carbons (Fsp3) is 0.222. The lowest BCUT2D eigenvalue weighted by molar-refractivity contribution is -0.385. The molecular formula is C54H50N6O8. The van der Waals surface area contributed by atoms with Gasteiger partial charge in [-0.1, -0.05) is 121 Å². The SMILES string of the molecule is CCOC(=O)[C@@H]1Cc2c([nH]c3ccccc23)[C@H](c2ccc([N+](=O)[O-])cc2)N1Cc1ccccc1.CCOC(=O)[C@@H]1Cc2c([nH]c3ccccc23)[C@H](c2ccc([N+](=O)[O-])cc2)N1Cc1ccccc1. The van der Waals surface area contributed by atoms with E-state index in [1.165, 1.54) is 24.3 Å². The molecule has 2 aliphatic rings. The molecule has 0 fully saturated rings. The number of nitro groups is 2. The number of carbonyl (C=O) groups is 2. The van der Waals surface area contributed by atoms with Gasteiger partial charge in [-0.15, -0.1) is 0 Å². The van der Waals surface area contributed by atoms with Crippen molar-refractivity contribution in [3.8, 4) is 0 Å². The van der Waals surface area contributed by atoms with Crippen LogP contribution < -0.4 is 0 Å². The normalized spacial score (nSPS) is 17.9. The van der Waals surface area contributed by atoms with Crippen LogP contribution in [0.25, 0.3) is 21.8 Å². The van der Waals surface area contributed by atoms with Crippen LogP contribution in [0, 0.1) is 20.2 Å². The third kappa shape index (κ3) is 9.11. The van der Waals surface area contributed by atoms with Gasteiger partial charge in [-0.05, 0) is 59.4 Å². The van der Waals surface area contributed by atoms with Gasteiger partial charge < -0.3 is 19.4 Å². The monoisotopic (exact) mass is 910 g/mol. The van der Waals surface area contributed by atoms with Gasteiger partial charge in [0, 0.05) is 83.4 Å². The molecule has 344 valence electrons. The molecule has 0 amide bonds. The van der Waals surface area contributed by atoms with Gasteiger partial charge >= 0.3 is 11.9 Å². The number of aromatic nitrogens is 2. The Morgan fingerprint density at radius 3 is 1.24 bits per heavy atom. The van der Waals surface area contributed by atoms with Crippen LogP contribution in [0.1, 0.15) is 70.7 Å². The molecule has 6 aromatic carbocycles. The van der Waals surface area contributed by atoms with Gasteiger partial charge in [0.05, 0.1) is 35.1 Å². The average molecular weight is 911 g/mol. The highest BCUT2D eigenvalue weighted by Crippen LogP contribution is 2.44. The van der Waals surface area contributed by atoms with Crippen molar-refractivity contribution in [2.45, 2.75) is 63.9 Å². The van der Waals surface area contributed by atoms with Crippen LogP contribution in [-0.4, -0.2) is 66.9 Å². The lowest BCUT2D eigenvalue weighted by Crippen LogP contribution is -2.48. The molecule has 4 heterocycles. The summed E-state index contributed by atoms with van der Waals surface area (Å²) in [6.07, 6.45) is 1.04. The van der Waals surface area contributed by atoms with E-state index < -0.39 is 21.9 Å². The van der Waals surface area contributed by atoms with E-state index in [2.05, 4.69) is 31.9 Å². The largest absolute Gasteiger partial charge is 0.465 e. The molecule has 8 aromatic rings. The Labute approximate surface area is 392 Å². The number of hydrogen-bond acceptors (Lipinski definition) is 10. The first-order valence-electron chi connectivity index (χ1n) is 22.7. The summed E-state index contributed by atoms with van der Waals surface area (Å²) < 4.78 is 11.0. The van der Waals surface area contributed by atoms with Gasteiger partial charge in [0.2, 0.25) is 0 Å². The van der Waals surface area contributed by atoms with Gasteiger partial charge in [-0.25, -0.2) is 0 Å². The van der Waals surface area contributed by atoms with Crippen LogP contribution in [0.2, 0.25) is 0 Å². The Bertz CT molecular complexity index is 2870. The highest BCUT2D eigenvalue weighted by Gasteiger charge is 2.43. The van der Waals surface area contributed by atoms with Crippen molar-refractivity contribution in [3.63, 3.8) is 0 Å². The standard InChI is InChI=1S/2C27H25N3O4/c2*1-2-34-27(31)24-16-22-21-10-6-7-11-23(21)28-25(22)26(19-12-14-20(15-13-19)30(32)33)29(24)17-18-8-4-3-5-9-18/h2*3-15,24,26,28H,2,16-17H2,1H3/t2*24-,26-/m00/s1. The zero-order valence-corrected chi connectivity index (χ0v) is 37.6. The summed E-state index contributed by atoms with van der Waals surface area (Å²) in [6.45, 7) is 5.29. The van der Waals surface area contributed by atoms with Crippen molar-refractivity contribution in [2.24, 2.45) is 0 Å². The number of H-pyrrole nitrogens is 2. The summed E-state index contributed by atoms with van der Waals surface area (Å²) >= 11 is 0. The molecule has 68 heavy (non-hydrogen) atoms. The Morgan fingerprint density at radius 1 is 0.529 bits per heavy atom. The number of fused-ring (bicyclic) bond motifs is 6. The van der Waals surface area contributed by atoms with E-state index in [1.807, 2.05) is 111 Å². The minimum Gasteiger partial charge on any atom is -0.465 e. The van der Waals surface area contributed by atoms with Gasteiger partial charge in [-0.2, -0.15) is 0 Å². The molecule has 14 heteroatoms. The van der Waals surface area contributed by atoms with Crippen LogP contribution in [0.15, 0.2) is 158 Å². The van der Waals surface area contributed by atoms with E-state index in [1.54, 1.807) is 24.3 Å². The lowest BCUT2D eigenvalue weighted by Gasteiger charge is -2.41. The number of ether oxygens (including phenoxy) is 2. The van der Waals surface area contributed by atoms with Gasteiger partial charge in [0.1, 0.15) is 12.1 Å². The van der Waals surface area contributed by atoms with Crippen LogP contribution >= 0.6 is 0 Å². The number of rotatable bonds is 12. The maximum absolute atomic E-state index is 13.2. The minimum absolute atomic E-state index is 0.0352. The first-order chi connectivity index (χ1) is 33.1. The molecule has 10 rings (SSSR count). The van der Waals surface area contributed by atoms with Crippen molar-refractivity contribution in [2.75, 3.05) is 13.2 Å². The first kappa shape index (κ1) is 45.2. The first-order valence-corrected chi connectivity index (χ1v) is 22.7. The molecule has 0 bridgehead atoms. The Hall–Kier alpha value is -7.94. The highest BCUT2D eigenvalue weighted by molar-refractivity contribution is 5.88. The number of non-ortho nitro benzene ring substituents is 2. The van der Waals surface area contributed by atoms with E-state index in [9.17, 15) is 29.8 Å². The van der Waals surface area contributed by atoms with Crippen LogP contribution in [0.3, 0.4) is 0 Å². The molecule has 0 spiro atoms. The number of carbonyl (C=O) groups excluding carboxylic acids is 2. The van der Waals surface area contributed by atoms with Crippen molar-refractivity contribution in [1.29, 1.82) is 0 Å². The molecule has 14 nitrogen and oxygen atoms in total. The predicted molar refractivity (Wildman–Crippen MR) is 259 cm³/mol. The quantitative estimate of drug-likeness (QED) is 0.0681. The maximum Gasteiger partial charge on any atom is 0.323 e. The Balaban J connectivity index is 0.000000170. The fourth-order valence-corrected chi connectivity index (χ4v) is 9.84. The zero-order valence-electron chi connectivity index (χ0n) is 37.6. The van der Waals surface area contributed by atoms with Crippen molar-refractivity contribution >= 4 is 45.1 Å². The van der Waals surface area contributed by atoms with E-state index in [-0.39, 0.29) is 35.4 Å². The number of para-hydroxylation sites is 2. The lowest BCUT2D eigenvalue weighted by atomic mass is 9.87. The minimum atomic E-state index is -0.493. The molecular weight excluding hydrogens is 861 g/mol. The molecule has 0 aliphatic carbocycles. The predicted octanol–water partition coefficient (Wildman–Crippen LogP) is 10.3. The van der Waals surface area contributed by atoms with E-state index in [0.717, 1.165) is 66.6 Å². The maximum atomic E-state index is 13.2. The number of nitrogens with zero attached hydrogens (tertiary/aromatic N) is 4. The summed E-state index contributed by atoms with van der Waals surface area (Å²) in [7, 11) is 0. The summed E-state index contributed by atoms with van der Waals surface area (Å²) in [5.41, 5.74) is 10.2. The molecule has 0 saturated heterocycles. The van der Waals surface area contributed by atoms with Crippen molar-refractivity contribution < 1.29 is 28.9 Å². The van der Waals surface area contributed by atoms with Crippen LogP contribution in [0.5, 0.6) is 0 Å². The fourth-order valence-electron chi connectivity index (χ4n) is 9.84. The van der Waals surface area contributed by atoms with E-state index >= 15 is 0 Å². The Kier molecular flexibility index (Phi) is 13.2. The Morgan fingerprint density at radius 2 is 0.882 bits per heavy atom. The highest BCUT2D eigenvalue weighted by atomic mass is 16.6.